The van der Waals surface area contributed by atoms with Gasteiger partial charge < -0.3 is 19.9 Å². The van der Waals surface area contributed by atoms with Crippen molar-refractivity contribution in [2.75, 3.05) is 12.9 Å². The first kappa shape index (κ1) is 31.4. The highest BCUT2D eigenvalue weighted by molar-refractivity contribution is 7.99. The number of rotatable bonds is 6. The molecular formula is C37H48N2O4S. The van der Waals surface area contributed by atoms with Gasteiger partial charge in [-0.3, -0.25) is 4.79 Å². The fraction of sp³-hybridized carbons (Fsp3) is 0.568. The molecule has 0 saturated heterocycles. The van der Waals surface area contributed by atoms with Crippen LogP contribution in [0.2, 0.25) is 0 Å². The van der Waals surface area contributed by atoms with Crippen LogP contribution in [0.15, 0.2) is 53.2 Å². The molecule has 236 valence electrons. The van der Waals surface area contributed by atoms with Gasteiger partial charge in [-0.25, -0.2) is 4.98 Å². The zero-order valence-corrected chi connectivity index (χ0v) is 27.3. The van der Waals surface area contributed by atoms with Gasteiger partial charge in [-0.1, -0.05) is 61.7 Å². The SMILES string of the molecule is COc1ccc2nc(SCC3(O)CCC4c5ccc(cc5C(=O)C5CCCCC5)CC(O)CCC(C)=CCCC43C)[nH]c2c1. The molecule has 6 nitrogen and oxygen atoms in total. The summed E-state index contributed by atoms with van der Waals surface area (Å²) in [4.78, 5) is 22.4. The van der Waals surface area contributed by atoms with Crippen LogP contribution < -0.4 is 4.74 Å². The number of fused-ring (bicyclic) bond motifs is 9. The predicted molar refractivity (Wildman–Crippen MR) is 178 cm³/mol. The van der Waals surface area contributed by atoms with Crippen LogP contribution in [0.4, 0.5) is 0 Å². The molecule has 2 aromatic carbocycles. The van der Waals surface area contributed by atoms with Gasteiger partial charge in [0.25, 0.3) is 0 Å². The molecule has 0 radical (unpaired) electrons. The lowest BCUT2D eigenvalue weighted by atomic mass is 9.65. The number of carbonyl (C=O) groups excluding carboxylic acids is 1. The van der Waals surface area contributed by atoms with Crippen LogP contribution in [0, 0.1) is 11.3 Å². The summed E-state index contributed by atoms with van der Waals surface area (Å²) >= 11 is 1.58. The molecule has 7 heteroatoms. The van der Waals surface area contributed by atoms with Crippen molar-refractivity contribution in [3.63, 3.8) is 0 Å². The number of hydrogen-bond donors (Lipinski definition) is 3. The van der Waals surface area contributed by atoms with Gasteiger partial charge in [0.05, 0.1) is 29.8 Å². The van der Waals surface area contributed by atoms with Crippen LogP contribution in [0.3, 0.4) is 0 Å². The second-order valence-electron chi connectivity index (χ2n) is 13.9. The Morgan fingerprint density at radius 1 is 1.09 bits per heavy atom. The molecule has 1 aromatic heterocycles. The topological polar surface area (TPSA) is 95.4 Å². The van der Waals surface area contributed by atoms with E-state index in [-0.39, 0.29) is 17.6 Å². The van der Waals surface area contributed by atoms with Crippen molar-refractivity contribution in [2.24, 2.45) is 11.3 Å². The van der Waals surface area contributed by atoms with E-state index in [1.165, 1.54) is 12.0 Å². The van der Waals surface area contributed by atoms with Gasteiger partial charge in [0.15, 0.2) is 10.9 Å². The summed E-state index contributed by atoms with van der Waals surface area (Å²) in [6.45, 7) is 4.41. The van der Waals surface area contributed by atoms with Gasteiger partial charge in [0.2, 0.25) is 0 Å². The minimum absolute atomic E-state index is 0.0613. The van der Waals surface area contributed by atoms with Crippen molar-refractivity contribution in [3.05, 3.63) is 64.7 Å². The van der Waals surface area contributed by atoms with E-state index in [0.29, 0.717) is 25.0 Å². The summed E-state index contributed by atoms with van der Waals surface area (Å²) < 4.78 is 5.39. The fourth-order valence-corrected chi connectivity index (χ4v) is 9.32. The molecule has 3 N–H and O–H groups in total. The second-order valence-corrected chi connectivity index (χ2v) is 14.8. The number of ketones is 1. The first-order chi connectivity index (χ1) is 21.2. The normalized spacial score (nSPS) is 28.4. The molecule has 3 aromatic rings. The third-order valence-electron chi connectivity index (χ3n) is 11.0. The number of carbonyl (C=O) groups is 1. The number of Topliss-reactive ketones (excluding diaryl/α,β-unsaturated/α-hetero) is 1. The molecule has 2 fully saturated rings. The van der Waals surface area contributed by atoms with E-state index in [4.69, 9.17) is 9.72 Å². The summed E-state index contributed by atoms with van der Waals surface area (Å²) in [6.07, 6.45) is 12.5. The number of hydrogen-bond acceptors (Lipinski definition) is 6. The summed E-state index contributed by atoms with van der Waals surface area (Å²) in [5.74, 6) is 1.70. The molecule has 4 aliphatic carbocycles. The number of thioether (sulfide) groups is 1. The van der Waals surface area contributed by atoms with Gasteiger partial charge in [-0.15, -0.1) is 0 Å². The van der Waals surface area contributed by atoms with E-state index in [9.17, 15) is 15.0 Å². The van der Waals surface area contributed by atoms with Gasteiger partial charge >= 0.3 is 0 Å². The van der Waals surface area contributed by atoms with Crippen LogP contribution in [0.25, 0.3) is 11.0 Å². The van der Waals surface area contributed by atoms with Crippen molar-refractivity contribution < 1.29 is 19.7 Å². The van der Waals surface area contributed by atoms with Gasteiger partial charge in [0, 0.05) is 28.7 Å². The van der Waals surface area contributed by atoms with Crippen LogP contribution >= 0.6 is 11.8 Å². The van der Waals surface area contributed by atoms with E-state index in [1.54, 1.807) is 18.9 Å². The Morgan fingerprint density at radius 3 is 2.70 bits per heavy atom. The number of imidazole rings is 1. The number of benzene rings is 2. The molecule has 2 bridgehead atoms. The summed E-state index contributed by atoms with van der Waals surface area (Å²) in [7, 11) is 1.66. The van der Waals surface area contributed by atoms with Gasteiger partial charge in [0.1, 0.15) is 5.75 Å². The van der Waals surface area contributed by atoms with Crippen LogP contribution in [-0.4, -0.2) is 50.5 Å². The number of methoxy groups -OCH3 is 1. The Balaban J connectivity index is 1.35. The first-order valence-corrected chi connectivity index (χ1v) is 17.6. The van der Waals surface area contributed by atoms with Crippen molar-refractivity contribution in [1.29, 1.82) is 0 Å². The largest absolute Gasteiger partial charge is 0.497 e. The van der Waals surface area contributed by atoms with Crippen molar-refractivity contribution in [3.8, 4) is 5.75 Å². The Hall–Kier alpha value is -2.61. The van der Waals surface area contributed by atoms with E-state index >= 15 is 0 Å². The number of nitrogens with one attached hydrogen (secondary N) is 1. The van der Waals surface area contributed by atoms with Crippen LogP contribution in [-0.2, 0) is 6.42 Å². The highest BCUT2D eigenvalue weighted by atomic mass is 32.2. The Bertz CT molecular complexity index is 1520. The van der Waals surface area contributed by atoms with Crippen LogP contribution in [0.5, 0.6) is 5.75 Å². The van der Waals surface area contributed by atoms with E-state index in [1.807, 2.05) is 18.2 Å². The Morgan fingerprint density at radius 2 is 1.91 bits per heavy atom. The average molecular weight is 617 g/mol. The van der Waals surface area contributed by atoms with Crippen LogP contribution in [0.1, 0.15) is 112 Å². The third kappa shape index (κ3) is 6.25. The minimum Gasteiger partial charge on any atom is -0.497 e. The number of aliphatic hydroxyl groups is 2. The molecule has 2 saturated carbocycles. The van der Waals surface area contributed by atoms with Crippen molar-refractivity contribution in [1.82, 2.24) is 9.97 Å². The molecule has 1 heterocycles. The molecule has 0 spiro atoms. The van der Waals surface area contributed by atoms with Crippen molar-refractivity contribution >= 4 is 28.6 Å². The van der Waals surface area contributed by atoms with Crippen molar-refractivity contribution in [2.45, 2.75) is 114 Å². The molecule has 4 atom stereocenters. The number of aromatic amines is 1. The predicted octanol–water partition coefficient (Wildman–Crippen LogP) is 8.17. The molecule has 4 unspecified atom stereocenters. The standard InChI is InChI=1S/C37H48N2O4S/c1-24-8-7-18-36(2)31(17-19-37(36,42)23-44-35-38-32-16-14-28(43-3)22-33(32)39-35)29-15-12-25(20-27(40)13-11-24)21-30(29)34(41)26-9-5-4-6-10-26/h8,12,14-16,21-22,26-27,31,40,42H,4-7,9-11,13,17-20,23H2,1-3H3,(H,38,39). The zero-order chi connectivity index (χ0) is 30.9. The number of nitrogens with zero attached hydrogens (tertiary/aromatic N) is 1. The molecule has 0 aliphatic heterocycles. The summed E-state index contributed by atoms with van der Waals surface area (Å²) in [5, 5.41) is 24.2. The smallest absolute Gasteiger partial charge is 0.166 e. The lowest BCUT2D eigenvalue weighted by molar-refractivity contribution is -0.0422. The second kappa shape index (κ2) is 13.0. The Kier molecular flexibility index (Phi) is 9.28. The number of aromatic nitrogens is 2. The van der Waals surface area contributed by atoms with Gasteiger partial charge in [-0.2, -0.15) is 0 Å². The molecule has 0 amide bonds. The van der Waals surface area contributed by atoms with E-state index in [0.717, 1.165) is 90.0 Å². The molecular weight excluding hydrogens is 568 g/mol. The Labute approximate surface area is 266 Å². The maximum atomic E-state index is 14.2. The third-order valence-corrected chi connectivity index (χ3v) is 12.1. The average Bonchev–Trinajstić information content (AvgIpc) is 3.56. The van der Waals surface area contributed by atoms with Gasteiger partial charge in [-0.05, 0) is 100.0 Å². The summed E-state index contributed by atoms with van der Waals surface area (Å²) in [5.41, 5.74) is 4.69. The summed E-state index contributed by atoms with van der Waals surface area (Å²) in [6, 6.07) is 12.2. The number of ether oxygens (including phenoxy) is 1. The first-order valence-electron chi connectivity index (χ1n) is 16.6. The quantitative estimate of drug-likeness (QED) is 0.147. The lowest BCUT2D eigenvalue weighted by Crippen LogP contribution is -2.46. The fourth-order valence-electron chi connectivity index (χ4n) is 8.12. The van der Waals surface area contributed by atoms with E-state index < -0.39 is 17.1 Å². The number of aliphatic hydroxyl groups excluding tert-OH is 1. The maximum Gasteiger partial charge on any atom is 0.166 e. The number of H-pyrrole nitrogens is 1. The zero-order valence-electron chi connectivity index (χ0n) is 26.5. The molecule has 4 aliphatic rings. The maximum absolute atomic E-state index is 14.2. The molecule has 7 rings (SSSR count). The highest BCUT2D eigenvalue weighted by Gasteiger charge is 2.56. The van der Waals surface area contributed by atoms with E-state index in [2.05, 4.69) is 43.1 Å². The molecule has 44 heavy (non-hydrogen) atoms. The highest BCUT2D eigenvalue weighted by Crippen LogP contribution is 2.59. The monoisotopic (exact) mass is 616 g/mol. The number of allylic oxidation sites excluding steroid dienone is 2. The minimum atomic E-state index is -0.933. The lowest BCUT2D eigenvalue weighted by Gasteiger charge is -2.44.